The van der Waals surface area contributed by atoms with Gasteiger partial charge in [-0.15, -0.1) is 0 Å². The number of phenols is 1. The van der Waals surface area contributed by atoms with E-state index in [0.29, 0.717) is 5.69 Å². The Bertz CT molecular complexity index is 689. The number of carbonyl (C=O) groups is 2. The molecule has 1 atom stereocenters. The third-order valence-corrected chi connectivity index (χ3v) is 2.98. The fraction of sp³-hybridized carbons (Fsp3) is 0.125. The molecule has 0 aromatic heterocycles. The number of benzene rings is 2. The van der Waals surface area contributed by atoms with Crippen molar-refractivity contribution in [1.82, 2.24) is 5.32 Å². The minimum atomic E-state index is -0.854. The molecule has 0 aliphatic heterocycles. The van der Waals surface area contributed by atoms with Crippen molar-refractivity contribution in [2.75, 3.05) is 5.32 Å². The van der Waals surface area contributed by atoms with Crippen molar-refractivity contribution in [1.29, 1.82) is 0 Å². The summed E-state index contributed by atoms with van der Waals surface area (Å²) >= 11 is 0. The van der Waals surface area contributed by atoms with E-state index < -0.39 is 23.7 Å². The molecule has 2 aromatic carbocycles. The molecule has 5 nitrogen and oxygen atoms in total. The zero-order valence-electron chi connectivity index (χ0n) is 11.8. The van der Waals surface area contributed by atoms with Crippen LogP contribution in [0, 0.1) is 5.82 Å². The molecule has 3 N–H and O–H groups in total. The lowest BCUT2D eigenvalue weighted by Crippen LogP contribution is -2.41. The van der Waals surface area contributed by atoms with E-state index in [-0.39, 0.29) is 11.3 Å². The Balaban J connectivity index is 2.00. The summed E-state index contributed by atoms with van der Waals surface area (Å²) in [5.41, 5.74) is 0.363. The maximum Gasteiger partial charge on any atom is 0.254 e. The SMILES string of the molecule is CC(NC(=O)c1ccc(O)cc1F)C(=O)Nc1ccccc1. The van der Waals surface area contributed by atoms with Crippen LogP contribution in [0.4, 0.5) is 10.1 Å². The lowest BCUT2D eigenvalue weighted by Gasteiger charge is -2.14. The van der Waals surface area contributed by atoms with Crippen LogP contribution < -0.4 is 10.6 Å². The first kappa shape index (κ1) is 15.5. The number of anilines is 1. The summed E-state index contributed by atoms with van der Waals surface area (Å²) in [6.45, 7) is 1.49. The maximum absolute atomic E-state index is 13.6. The molecule has 114 valence electrons. The van der Waals surface area contributed by atoms with Gasteiger partial charge in [0.25, 0.3) is 5.91 Å². The van der Waals surface area contributed by atoms with Crippen LogP contribution in [0.3, 0.4) is 0 Å². The molecule has 0 aliphatic carbocycles. The van der Waals surface area contributed by atoms with E-state index in [2.05, 4.69) is 10.6 Å². The van der Waals surface area contributed by atoms with E-state index in [1.165, 1.54) is 13.0 Å². The van der Waals surface area contributed by atoms with E-state index in [4.69, 9.17) is 5.11 Å². The van der Waals surface area contributed by atoms with Crippen molar-refractivity contribution in [2.24, 2.45) is 0 Å². The summed E-state index contributed by atoms with van der Waals surface area (Å²) in [5.74, 6) is -2.27. The van der Waals surface area contributed by atoms with Crippen LogP contribution in [-0.4, -0.2) is 23.0 Å². The van der Waals surface area contributed by atoms with Crippen molar-refractivity contribution in [3.63, 3.8) is 0 Å². The van der Waals surface area contributed by atoms with Crippen LogP contribution in [0.1, 0.15) is 17.3 Å². The van der Waals surface area contributed by atoms with Crippen LogP contribution in [0.15, 0.2) is 48.5 Å². The Hall–Kier alpha value is -2.89. The molecule has 2 rings (SSSR count). The summed E-state index contributed by atoms with van der Waals surface area (Å²) in [6.07, 6.45) is 0. The van der Waals surface area contributed by atoms with Gasteiger partial charge >= 0.3 is 0 Å². The number of para-hydroxylation sites is 1. The molecule has 0 aliphatic rings. The summed E-state index contributed by atoms with van der Waals surface area (Å²) in [4.78, 5) is 23.9. The predicted molar refractivity (Wildman–Crippen MR) is 80.1 cm³/mol. The van der Waals surface area contributed by atoms with Crippen LogP contribution in [0.2, 0.25) is 0 Å². The molecule has 2 amide bonds. The van der Waals surface area contributed by atoms with Crippen molar-refractivity contribution in [3.8, 4) is 5.75 Å². The van der Waals surface area contributed by atoms with E-state index in [1.54, 1.807) is 24.3 Å². The third-order valence-electron chi connectivity index (χ3n) is 2.98. The zero-order chi connectivity index (χ0) is 16.1. The second kappa shape index (κ2) is 6.71. The number of nitrogens with one attached hydrogen (secondary N) is 2. The summed E-state index contributed by atoms with van der Waals surface area (Å²) in [6, 6.07) is 11.1. The number of carbonyl (C=O) groups excluding carboxylic acids is 2. The van der Waals surface area contributed by atoms with Crippen molar-refractivity contribution >= 4 is 17.5 Å². The van der Waals surface area contributed by atoms with Crippen molar-refractivity contribution < 1.29 is 19.1 Å². The highest BCUT2D eigenvalue weighted by atomic mass is 19.1. The third kappa shape index (κ3) is 3.82. The van der Waals surface area contributed by atoms with Crippen LogP contribution >= 0.6 is 0 Å². The number of amides is 2. The molecule has 0 radical (unpaired) electrons. The Morgan fingerprint density at radius 2 is 1.82 bits per heavy atom. The Kier molecular flexibility index (Phi) is 4.73. The molecule has 2 aromatic rings. The molecule has 0 saturated carbocycles. The largest absolute Gasteiger partial charge is 0.508 e. The molecule has 6 heteroatoms. The molecule has 1 unspecified atom stereocenters. The van der Waals surface area contributed by atoms with Gasteiger partial charge in [0.1, 0.15) is 17.6 Å². The van der Waals surface area contributed by atoms with E-state index >= 15 is 0 Å². The van der Waals surface area contributed by atoms with Gasteiger partial charge in [0.2, 0.25) is 5.91 Å². The minimum absolute atomic E-state index is 0.239. The second-order valence-electron chi connectivity index (χ2n) is 4.71. The number of rotatable bonds is 4. The van der Waals surface area contributed by atoms with Crippen LogP contribution in [0.25, 0.3) is 0 Å². The molecule has 22 heavy (non-hydrogen) atoms. The first-order chi connectivity index (χ1) is 10.5. The molecule has 0 saturated heterocycles. The smallest absolute Gasteiger partial charge is 0.254 e. The average Bonchev–Trinajstić information content (AvgIpc) is 2.47. The lowest BCUT2D eigenvalue weighted by molar-refractivity contribution is -0.117. The van der Waals surface area contributed by atoms with Gasteiger partial charge in [0, 0.05) is 11.8 Å². The monoisotopic (exact) mass is 302 g/mol. The Morgan fingerprint density at radius 1 is 1.14 bits per heavy atom. The maximum atomic E-state index is 13.6. The first-order valence-electron chi connectivity index (χ1n) is 6.62. The van der Waals surface area contributed by atoms with Gasteiger partial charge in [-0.1, -0.05) is 18.2 Å². The average molecular weight is 302 g/mol. The topological polar surface area (TPSA) is 78.4 Å². The number of hydrogen-bond acceptors (Lipinski definition) is 3. The Morgan fingerprint density at radius 3 is 2.45 bits per heavy atom. The van der Waals surface area contributed by atoms with Crippen LogP contribution in [-0.2, 0) is 4.79 Å². The first-order valence-corrected chi connectivity index (χ1v) is 6.62. The van der Waals surface area contributed by atoms with E-state index in [1.807, 2.05) is 6.07 Å². The number of aromatic hydroxyl groups is 1. The fourth-order valence-electron chi connectivity index (χ4n) is 1.80. The highest BCUT2D eigenvalue weighted by Gasteiger charge is 2.19. The quantitative estimate of drug-likeness (QED) is 0.811. The zero-order valence-corrected chi connectivity index (χ0v) is 11.8. The molecule has 0 heterocycles. The number of phenolic OH excluding ortho intramolecular Hbond substituents is 1. The van der Waals surface area contributed by atoms with Gasteiger partial charge in [0.05, 0.1) is 5.56 Å². The van der Waals surface area contributed by atoms with Crippen molar-refractivity contribution in [3.05, 3.63) is 59.9 Å². The lowest BCUT2D eigenvalue weighted by atomic mass is 10.1. The molecular weight excluding hydrogens is 287 g/mol. The van der Waals surface area contributed by atoms with Gasteiger partial charge < -0.3 is 15.7 Å². The molecule has 0 spiro atoms. The normalized spacial score (nSPS) is 11.5. The fourth-order valence-corrected chi connectivity index (χ4v) is 1.80. The summed E-state index contributed by atoms with van der Waals surface area (Å²) < 4.78 is 13.6. The van der Waals surface area contributed by atoms with Gasteiger partial charge in [-0.25, -0.2) is 4.39 Å². The van der Waals surface area contributed by atoms with Crippen LogP contribution in [0.5, 0.6) is 5.75 Å². The van der Waals surface area contributed by atoms with Gasteiger partial charge in [-0.05, 0) is 31.2 Å². The molecule has 0 fully saturated rings. The number of hydrogen-bond donors (Lipinski definition) is 3. The Labute approximate surface area is 126 Å². The molecular formula is C16H15FN2O3. The standard InChI is InChI=1S/C16H15FN2O3/c1-10(15(21)19-11-5-3-2-4-6-11)18-16(22)13-8-7-12(20)9-14(13)17/h2-10,20H,1H3,(H,18,22)(H,19,21). The minimum Gasteiger partial charge on any atom is -0.508 e. The van der Waals surface area contributed by atoms with Gasteiger partial charge in [-0.3, -0.25) is 9.59 Å². The van der Waals surface area contributed by atoms with Gasteiger partial charge in [0.15, 0.2) is 0 Å². The van der Waals surface area contributed by atoms with E-state index in [0.717, 1.165) is 12.1 Å². The highest BCUT2D eigenvalue weighted by molar-refractivity contribution is 6.01. The summed E-state index contributed by atoms with van der Waals surface area (Å²) in [5, 5.41) is 14.2. The second-order valence-corrected chi connectivity index (χ2v) is 4.71. The highest BCUT2D eigenvalue weighted by Crippen LogP contribution is 2.15. The van der Waals surface area contributed by atoms with Crippen molar-refractivity contribution in [2.45, 2.75) is 13.0 Å². The van der Waals surface area contributed by atoms with E-state index in [9.17, 15) is 14.0 Å². The molecule has 0 bridgehead atoms. The predicted octanol–water partition coefficient (Wildman–Crippen LogP) is 2.29. The summed E-state index contributed by atoms with van der Waals surface area (Å²) in [7, 11) is 0. The number of halogens is 1. The van der Waals surface area contributed by atoms with Gasteiger partial charge in [-0.2, -0.15) is 0 Å².